The smallest absolute Gasteiger partial charge is 0.176 e. The van der Waals surface area contributed by atoms with Gasteiger partial charge in [0.15, 0.2) is 4.34 Å². The second-order valence-electron chi connectivity index (χ2n) is 3.73. The fourth-order valence-corrected chi connectivity index (χ4v) is 2.97. The molecule has 96 valence electrons. The van der Waals surface area contributed by atoms with E-state index in [4.69, 9.17) is 0 Å². The third-order valence-corrected chi connectivity index (χ3v) is 4.19. The molecule has 1 N–H and O–H groups in total. The highest BCUT2D eigenvalue weighted by Gasteiger charge is 2.12. The van der Waals surface area contributed by atoms with Crippen LogP contribution in [-0.2, 0) is 6.42 Å². The van der Waals surface area contributed by atoms with E-state index in [0.717, 1.165) is 39.4 Å². The largest absolute Gasteiger partial charge is 0.373 e. The number of hydrogen-bond acceptors (Lipinski definition) is 7. The van der Waals surface area contributed by atoms with Gasteiger partial charge in [0.1, 0.15) is 23.0 Å². The molecule has 2 aromatic rings. The third-order valence-electron chi connectivity index (χ3n) is 2.38. The van der Waals surface area contributed by atoms with Gasteiger partial charge in [-0.25, -0.2) is 15.0 Å². The number of hydrogen-bond donors (Lipinski definition) is 1. The first kappa shape index (κ1) is 13.2. The van der Waals surface area contributed by atoms with Crippen molar-refractivity contribution in [3.63, 3.8) is 0 Å². The molecule has 0 aliphatic carbocycles. The van der Waals surface area contributed by atoms with E-state index in [1.807, 2.05) is 14.0 Å². The molecule has 0 bridgehead atoms. The SMILES string of the molecule is CCCc1nc(NC)c(C)c(Sc2ncns2)n1. The van der Waals surface area contributed by atoms with Crippen molar-refractivity contribution in [1.82, 2.24) is 19.3 Å². The number of aryl methyl sites for hydroxylation is 1. The number of rotatable bonds is 5. The average Bonchev–Trinajstić information content (AvgIpc) is 2.86. The molecule has 2 heterocycles. The molecule has 0 aliphatic heterocycles. The van der Waals surface area contributed by atoms with E-state index in [2.05, 4.69) is 31.6 Å². The predicted molar refractivity (Wildman–Crippen MR) is 74.3 cm³/mol. The van der Waals surface area contributed by atoms with Gasteiger partial charge < -0.3 is 5.32 Å². The van der Waals surface area contributed by atoms with Crippen LogP contribution in [0.5, 0.6) is 0 Å². The van der Waals surface area contributed by atoms with E-state index in [0.29, 0.717) is 0 Å². The molecule has 0 aromatic carbocycles. The molecule has 7 heteroatoms. The zero-order valence-electron chi connectivity index (χ0n) is 10.6. The van der Waals surface area contributed by atoms with Crippen molar-refractivity contribution in [3.05, 3.63) is 17.7 Å². The molecule has 0 saturated heterocycles. The van der Waals surface area contributed by atoms with Gasteiger partial charge in [-0.1, -0.05) is 6.92 Å². The summed E-state index contributed by atoms with van der Waals surface area (Å²) in [5.74, 6) is 1.76. The van der Waals surface area contributed by atoms with E-state index >= 15 is 0 Å². The summed E-state index contributed by atoms with van der Waals surface area (Å²) in [5.41, 5.74) is 1.05. The third kappa shape index (κ3) is 2.97. The first-order valence-electron chi connectivity index (χ1n) is 5.74. The summed E-state index contributed by atoms with van der Waals surface area (Å²) in [6.07, 6.45) is 3.49. The summed E-state index contributed by atoms with van der Waals surface area (Å²) in [4.78, 5) is 13.3. The van der Waals surface area contributed by atoms with Crippen molar-refractivity contribution in [2.24, 2.45) is 0 Å². The van der Waals surface area contributed by atoms with Crippen LogP contribution in [0.25, 0.3) is 0 Å². The minimum atomic E-state index is 0.875. The van der Waals surface area contributed by atoms with Crippen LogP contribution >= 0.6 is 23.3 Å². The van der Waals surface area contributed by atoms with Gasteiger partial charge in [-0.05, 0) is 36.6 Å². The Hall–Kier alpha value is -1.21. The summed E-state index contributed by atoms with van der Waals surface area (Å²) < 4.78 is 4.90. The van der Waals surface area contributed by atoms with E-state index in [-0.39, 0.29) is 0 Å². The monoisotopic (exact) mass is 281 g/mol. The Morgan fingerprint density at radius 1 is 1.39 bits per heavy atom. The molecule has 0 amide bonds. The fraction of sp³-hybridized carbons (Fsp3) is 0.455. The summed E-state index contributed by atoms with van der Waals surface area (Å²) in [7, 11) is 1.88. The molecule has 2 aromatic heterocycles. The Morgan fingerprint density at radius 2 is 2.22 bits per heavy atom. The van der Waals surface area contributed by atoms with Gasteiger partial charge in [0, 0.05) is 19.0 Å². The molecule has 2 rings (SSSR count). The average molecular weight is 281 g/mol. The van der Waals surface area contributed by atoms with Gasteiger partial charge in [-0.3, -0.25) is 0 Å². The van der Waals surface area contributed by atoms with E-state index < -0.39 is 0 Å². The maximum Gasteiger partial charge on any atom is 0.176 e. The summed E-state index contributed by atoms with van der Waals surface area (Å²) >= 11 is 2.92. The number of aromatic nitrogens is 4. The van der Waals surface area contributed by atoms with Crippen LogP contribution in [0.15, 0.2) is 15.7 Å². The van der Waals surface area contributed by atoms with E-state index in [1.165, 1.54) is 11.5 Å². The van der Waals surface area contributed by atoms with Crippen molar-refractivity contribution in [2.45, 2.75) is 36.1 Å². The van der Waals surface area contributed by atoms with Crippen LogP contribution in [0.1, 0.15) is 24.7 Å². The minimum absolute atomic E-state index is 0.875. The maximum atomic E-state index is 4.60. The highest BCUT2D eigenvalue weighted by atomic mass is 32.2. The normalized spacial score (nSPS) is 10.6. The Balaban J connectivity index is 2.34. The van der Waals surface area contributed by atoms with E-state index in [9.17, 15) is 0 Å². The molecule has 18 heavy (non-hydrogen) atoms. The van der Waals surface area contributed by atoms with Crippen LogP contribution in [0.4, 0.5) is 5.82 Å². The second-order valence-corrected chi connectivity index (χ2v) is 5.74. The van der Waals surface area contributed by atoms with Gasteiger partial charge in [0.2, 0.25) is 0 Å². The Morgan fingerprint density at radius 3 is 2.83 bits per heavy atom. The molecule has 0 fully saturated rings. The van der Waals surface area contributed by atoms with Gasteiger partial charge >= 0.3 is 0 Å². The topological polar surface area (TPSA) is 63.6 Å². The lowest BCUT2D eigenvalue weighted by molar-refractivity contribution is 0.804. The summed E-state index contributed by atoms with van der Waals surface area (Å²) in [6.45, 7) is 4.14. The van der Waals surface area contributed by atoms with Crippen LogP contribution in [0.2, 0.25) is 0 Å². The fourth-order valence-electron chi connectivity index (χ4n) is 1.51. The number of nitrogens with one attached hydrogen (secondary N) is 1. The minimum Gasteiger partial charge on any atom is -0.373 e. The maximum absolute atomic E-state index is 4.60. The molecule has 0 atom stereocenters. The molecular formula is C11H15N5S2. The van der Waals surface area contributed by atoms with Gasteiger partial charge in [0.05, 0.1) is 0 Å². The van der Waals surface area contributed by atoms with Crippen molar-refractivity contribution < 1.29 is 0 Å². The Kier molecular flexibility index (Phi) is 4.48. The lowest BCUT2D eigenvalue weighted by Crippen LogP contribution is -2.04. The first-order chi connectivity index (χ1) is 8.74. The standard InChI is InChI=1S/C11H15N5S2/c1-4-5-8-15-9(12-3)7(2)10(16-8)17-11-13-6-14-18-11/h6H,4-5H2,1-3H3,(H,12,15,16). The number of anilines is 1. The molecule has 5 nitrogen and oxygen atoms in total. The molecule has 0 spiro atoms. The van der Waals surface area contributed by atoms with Crippen LogP contribution in [0, 0.1) is 6.92 Å². The molecule has 0 radical (unpaired) electrons. The van der Waals surface area contributed by atoms with Crippen molar-refractivity contribution >= 4 is 29.1 Å². The molecule has 0 saturated carbocycles. The van der Waals surface area contributed by atoms with Crippen LogP contribution in [0.3, 0.4) is 0 Å². The van der Waals surface area contributed by atoms with Gasteiger partial charge in [0.25, 0.3) is 0 Å². The van der Waals surface area contributed by atoms with Crippen LogP contribution in [-0.4, -0.2) is 26.4 Å². The number of nitrogens with zero attached hydrogens (tertiary/aromatic N) is 4. The Bertz CT molecular complexity index is 512. The highest BCUT2D eigenvalue weighted by molar-refractivity contribution is 8.00. The zero-order chi connectivity index (χ0) is 13.0. The van der Waals surface area contributed by atoms with E-state index in [1.54, 1.807) is 18.1 Å². The predicted octanol–water partition coefficient (Wildman–Crippen LogP) is 2.78. The molecule has 0 aliphatic rings. The van der Waals surface area contributed by atoms with Crippen molar-refractivity contribution in [3.8, 4) is 0 Å². The second kappa shape index (κ2) is 6.10. The lowest BCUT2D eigenvalue weighted by atomic mass is 10.3. The zero-order valence-corrected chi connectivity index (χ0v) is 12.2. The van der Waals surface area contributed by atoms with Gasteiger partial charge in [-0.15, -0.1) is 0 Å². The lowest BCUT2D eigenvalue weighted by Gasteiger charge is -2.10. The summed E-state index contributed by atoms with van der Waals surface area (Å²) in [5, 5.41) is 4.07. The molecular weight excluding hydrogens is 266 g/mol. The molecule has 0 unspecified atom stereocenters. The first-order valence-corrected chi connectivity index (χ1v) is 7.33. The van der Waals surface area contributed by atoms with Crippen LogP contribution < -0.4 is 5.32 Å². The summed E-state index contributed by atoms with van der Waals surface area (Å²) in [6, 6.07) is 0. The quantitative estimate of drug-likeness (QED) is 0.850. The Labute approximate surface area is 115 Å². The van der Waals surface area contributed by atoms with Crippen molar-refractivity contribution in [1.29, 1.82) is 0 Å². The highest BCUT2D eigenvalue weighted by Crippen LogP contribution is 2.31. The van der Waals surface area contributed by atoms with Crippen molar-refractivity contribution in [2.75, 3.05) is 12.4 Å². The van der Waals surface area contributed by atoms with Gasteiger partial charge in [-0.2, -0.15) is 4.37 Å².